The summed E-state index contributed by atoms with van der Waals surface area (Å²) in [6.07, 6.45) is 2.38. The van der Waals surface area contributed by atoms with Gasteiger partial charge in [0, 0.05) is 24.0 Å². The van der Waals surface area contributed by atoms with Gasteiger partial charge in [0.15, 0.2) is 0 Å². The van der Waals surface area contributed by atoms with Crippen molar-refractivity contribution in [3.8, 4) is 0 Å². The van der Waals surface area contributed by atoms with E-state index in [-0.39, 0.29) is 40.2 Å². The Balaban J connectivity index is 1.79. The van der Waals surface area contributed by atoms with Gasteiger partial charge in [-0.2, -0.15) is 0 Å². The van der Waals surface area contributed by atoms with Crippen LogP contribution in [-0.2, 0) is 16.1 Å². The number of rotatable bonds is 3. The highest BCUT2D eigenvalue weighted by molar-refractivity contribution is 6.38. The molecule has 1 fully saturated rings. The maximum absolute atomic E-state index is 12.6. The molecule has 1 aromatic heterocycles. The molecule has 0 radical (unpaired) electrons. The summed E-state index contributed by atoms with van der Waals surface area (Å²) in [7, 11) is 0. The van der Waals surface area contributed by atoms with E-state index in [4.69, 9.17) is 28.9 Å². The van der Waals surface area contributed by atoms with Gasteiger partial charge in [-0.25, -0.2) is 4.98 Å². The van der Waals surface area contributed by atoms with Crippen LogP contribution >= 0.6 is 23.2 Å². The third-order valence-corrected chi connectivity index (χ3v) is 4.91. The topological polar surface area (TPSA) is 98.3 Å². The van der Waals surface area contributed by atoms with Crippen LogP contribution in [0.4, 0.5) is 0 Å². The van der Waals surface area contributed by atoms with Gasteiger partial charge < -0.3 is 10.6 Å². The molecule has 1 aromatic carbocycles. The van der Waals surface area contributed by atoms with Crippen LogP contribution in [0.1, 0.15) is 12.8 Å². The van der Waals surface area contributed by atoms with E-state index in [2.05, 4.69) is 4.98 Å². The molecule has 2 amide bonds. The number of likely N-dealkylation sites (tertiary alicyclic amines) is 1. The molecule has 2 heterocycles. The lowest BCUT2D eigenvalue weighted by Gasteiger charge is -2.30. The lowest BCUT2D eigenvalue weighted by molar-refractivity contribution is -0.135. The van der Waals surface area contributed by atoms with Crippen LogP contribution in [0.25, 0.3) is 10.9 Å². The quantitative estimate of drug-likeness (QED) is 0.867. The van der Waals surface area contributed by atoms with Gasteiger partial charge in [0.25, 0.3) is 5.56 Å². The molecule has 0 atom stereocenters. The number of primary amides is 1. The number of nitrogens with zero attached hydrogens (tertiary/aromatic N) is 3. The minimum atomic E-state index is -0.380. The number of benzene rings is 1. The predicted molar refractivity (Wildman–Crippen MR) is 94.5 cm³/mol. The molecular weight excluding hydrogens is 367 g/mol. The van der Waals surface area contributed by atoms with E-state index in [1.807, 2.05) is 0 Å². The first-order valence-corrected chi connectivity index (χ1v) is 8.53. The number of piperidine rings is 1. The number of halogens is 2. The fourth-order valence-corrected chi connectivity index (χ4v) is 3.51. The van der Waals surface area contributed by atoms with Gasteiger partial charge in [-0.15, -0.1) is 0 Å². The van der Waals surface area contributed by atoms with Crippen LogP contribution in [0.3, 0.4) is 0 Å². The van der Waals surface area contributed by atoms with E-state index in [9.17, 15) is 14.4 Å². The molecule has 25 heavy (non-hydrogen) atoms. The number of hydrogen-bond acceptors (Lipinski definition) is 4. The first kappa shape index (κ1) is 17.7. The van der Waals surface area contributed by atoms with E-state index in [0.717, 1.165) is 0 Å². The molecular formula is C16H16Cl2N4O3. The molecule has 1 aliphatic heterocycles. The average molecular weight is 383 g/mol. The molecule has 0 saturated carbocycles. The number of fused-ring (bicyclic) bond motifs is 1. The maximum Gasteiger partial charge on any atom is 0.261 e. The van der Waals surface area contributed by atoms with Gasteiger partial charge in [-0.1, -0.05) is 23.2 Å². The molecule has 1 aliphatic rings. The van der Waals surface area contributed by atoms with Crippen LogP contribution in [0, 0.1) is 5.92 Å². The van der Waals surface area contributed by atoms with Crippen LogP contribution in [0.5, 0.6) is 0 Å². The Labute approximate surface area is 153 Å². The normalized spacial score (nSPS) is 15.5. The molecule has 3 rings (SSSR count). The second kappa shape index (κ2) is 7.01. The Morgan fingerprint density at radius 1 is 1.24 bits per heavy atom. The average Bonchev–Trinajstić information content (AvgIpc) is 2.57. The van der Waals surface area contributed by atoms with Crippen molar-refractivity contribution in [3.05, 3.63) is 38.9 Å². The van der Waals surface area contributed by atoms with E-state index in [1.165, 1.54) is 23.0 Å². The van der Waals surface area contributed by atoms with Crippen molar-refractivity contribution in [2.45, 2.75) is 19.4 Å². The summed E-state index contributed by atoms with van der Waals surface area (Å²) in [5, 5.41) is 0.876. The van der Waals surface area contributed by atoms with Gasteiger partial charge in [-0.3, -0.25) is 19.0 Å². The largest absolute Gasteiger partial charge is 0.369 e. The highest BCUT2D eigenvalue weighted by Crippen LogP contribution is 2.24. The Bertz CT molecular complexity index is 904. The van der Waals surface area contributed by atoms with E-state index >= 15 is 0 Å². The summed E-state index contributed by atoms with van der Waals surface area (Å²) < 4.78 is 1.23. The van der Waals surface area contributed by atoms with Gasteiger partial charge in [-0.05, 0) is 25.0 Å². The van der Waals surface area contributed by atoms with E-state index < -0.39 is 0 Å². The molecule has 2 aromatic rings. The fourth-order valence-electron chi connectivity index (χ4n) is 2.97. The van der Waals surface area contributed by atoms with Crippen LogP contribution in [0.15, 0.2) is 23.3 Å². The number of hydrogen-bond donors (Lipinski definition) is 1. The highest BCUT2D eigenvalue weighted by Gasteiger charge is 2.26. The summed E-state index contributed by atoms with van der Waals surface area (Å²) in [5.74, 6) is -0.742. The van der Waals surface area contributed by atoms with Crippen molar-refractivity contribution in [2.24, 2.45) is 11.7 Å². The Morgan fingerprint density at radius 2 is 1.92 bits per heavy atom. The van der Waals surface area contributed by atoms with E-state index in [1.54, 1.807) is 4.90 Å². The van der Waals surface area contributed by atoms with Crippen molar-refractivity contribution in [1.82, 2.24) is 14.5 Å². The summed E-state index contributed by atoms with van der Waals surface area (Å²) >= 11 is 12.0. The lowest BCUT2D eigenvalue weighted by atomic mass is 9.96. The second-order valence-corrected chi connectivity index (χ2v) is 6.86. The van der Waals surface area contributed by atoms with Crippen LogP contribution < -0.4 is 11.3 Å². The monoisotopic (exact) mass is 382 g/mol. The second-order valence-electron chi connectivity index (χ2n) is 6.02. The van der Waals surface area contributed by atoms with Crippen molar-refractivity contribution in [3.63, 3.8) is 0 Å². The molecule has 1 saturated heterocycles. The zero-order chi connectivity index (χ0) is 18.1. The number of nitrogens with two attached hydrogens (primary N) is 1. The van der Waals surface area contributed by atoms with Gasteiger partial charge in [0.2, 0.25) is 11.8 Å². The molecule has 132 valence electrons. The fraction of sp³-hybridized carbons (Fsp3) is 0.375. The zero-order valence-electron chi connectivity index (χ0n) is 13.2. The molecule has 0 unspecified atom stereocenters. The summed E-state index contributed by atoms with van der Waals surface area (Å²) in [6.45, 7) is 0.757. The van der Waals surface area contributed by atoms with E-state index in [0.29, 0.717) is 36.5 Å². The molecule has 9 heteroatoms. The minimum Gasteiger partial charge on any atom is -0.369 e. The predicted octanol–water partition coefficient (Wildman–Crippen LogP) is 1.43. The van der Waals surface area contributed by atoms with Crippen molar-refractivity contribution in [1.29, 1.82) is 0 Å². The molecule has 2 N–H and O–H groups in total. The summed E-state index contributed by atoms with van der Waals surface area (Å²) in [6, 6.07) is 2.99. The number of carbonyl (C=O) groups excluding carboxylic acids is 2. The van der Waals surface area contributed by atoms with Crippen molar-refractivity contribution in [2.75, 3.05) is 13.1 Å². The Kier molecular flexibility index (Phi) is 4.96. The number of aromatic nitrogens is 2. The molecule has 0 bridgehead atoms. The third kappa shape index (κ3) is 3.62. The first-order valence-electron chi connectivity index (χ1n) is 7.78. The van der Waals surface area contributed by atoms with Gasteiger partial charge in [0.1, 0.15) is 6.54 Å². The number of amides is 2. The molecule has 0 spiro atoms. The number of carbonyl (C=O) groups is 2. The van der Waals surface area contributed by atoms with Crippen molar-refractivity contribution < 1.29 is 9.59 Å². The van der Waals surface area contributed by atoms with Gasteiger partial charge in [0.05, 0.1) is 22.3 Å². The Hall–Kier alpha value is -2.12. The molecule has 7 nitrogen and oxygen atoms in total. The smallest absolute Gasteiger partial charge is 0.261 e. The van der Waals surface area contributed by atoms with Crippen molar-refractivity contribution >= 4 is 45.9 Å². The molecule has 0 aliphatic carbocycles. The first-order chi connectivity index (χ1) is 11.9. The van der Waals surface area contributed by atoms with Crippen LogP contribution in [0.2, 0.25) is 10.0 Å². The SMILES string of the molecule is NC(=O)C1CCN(C(=O)Cn2cnc3c(Cl)cc(Cl)cc3c2=O)CC1. The zero-order valence-corrected chi connectivity index (χ0v) is 14.8. The Morgan fingerprint density at radius 3 is 2.56 bits per heavy atom. The van der Waals surface area contributed by atoms with Gasteiger partial charge >= 0.3 is 0 Å². The van der Waals surface area contributed by atoms with Crippen LogP contribution in [-0.4, -0.2) is 39.4 Å². The standard InChI is InChI=1S/C16H16Cl2N4O3/c17-10-5-11-14(12(18)6-10)20-8-22(16(11)25)7-13(23)21-3-1-9(2-4-21)15(19)24/h5-6,8-9H,1-4,7H2,(H2,19,24). The highest BCUT2D eigenvalue weighted by atomic mass is 35.5. The summed E-state index contributed by atoms with van der Waals surface area (Å²) in [5.41, 5.74) is 5.26. The minimum absolute atomic E-state index is 0.132. The maximum atomic E-state index is 12.6. The lowest BCUT2D eigenvalue weighted by Crippen LogP contribution is -2.43. The summed E-state index contributed by atoms with van der Waals surface area (Å²) in [4.78, 5) is 42.0. The third-order valence-electron chi connectivity index (χ3n) is 4.40.